The summed E-state index contributed by atoms with van der Waals surface area (Å²) in [6.45, 7) is 2.10. The minimum Gasteiger partial charge on any atom is -0.478 e. The highest BCUT2D eigenvalue weighted by Gasteiger charge is 2.33. The van der Waals surface area contributed by atoms with E-state index in [-0.39, 0.29) is 46.6 Å². The number of hydrogen-bond acceptors (Lipinski definition) is 5. The Balaban J connectivity index is 1.66. The Bertz CT molecular complexity index is 1920. The number of nitrogens with zero attached hydrogens (tertiary/aromatic N) is 4. The molecule has 0 aliphatic carbocycles. The van der Waals surface area contributed by atoms with Crippen LogP contribution in [0.15, 0.2) is 71.5 Å². The van der Waals surface area contributed by atoms with E-state index in [1.807, 2.05) is 0 Å². The van der Waals surface area contributed by atoms with Crippen LogP contribution in [0.3, 0.4) is 0 Å². The van der Waals surface area contributed by atoms with Crippen molar-refractivity contribution in [2.24, 2.45) is 7.05 Å². The van der Waals surface area contributed by atoms with Gasteiger partial charge in [0.15, 0.2) is 0 Å². The predicted molar refractivity (Wildman–Crippen MR) is 153 cm³/mol. The number of anilines is 1. The summed E-state index contributed by atoms with van der Waals surface area (Å²) < 4.78 is 51.5. The fraction of sp³-hybridized carbons (Fsp3) is 0.200. The average Bonchev–Trinajstić information content (AvgIpc) is 3.46. The highest BCUT2D eigenvalue weighted by atomic mass is 19.4. The summed E-state index contributed by atoms with van der Waals surface area (Å²) in [6.07, 6.45) is -4.74. The first-order valence-corrected chi connectivity index (χ1v) is 13.0. The number of carboxylic acids is 1. The van der Waals surface area contributed by atoms with Crippen LogP contribution >= 0.6 is 0 Å². The summed E-state index contributed by atoms with van der Waals surface area (Å²) in [5, 5.41) is 16.1. The molecule has 0 aliphatic rings. The number of aryl methyl sites for hydroxylation is 2. The van der Waals surface area contributed by atoms with Gasteiger partial charge in [-0.3, -0.25) is 4.79 Å². The van der Waals surface area contributed by atoms with Gasteiger partial charge in [-0.25, -0.2) is 18.8 Å². The number of alkyl halides is 3. The second kappa shape index (κ2) is 11.2. The number of carboxylic acid groups (broad SMARTS) is 1. The smallest absolute Gasteiger partial charge is 0.416 e. The fourth-order valence-corrected chi connectivity index (χ4v) is 5.00. The van der Waals surface area contributed by atoms with Crippen molar-refractivity contribution in [2.75, 3.05) is 19.0 Å². The quantitative estimate of drug-likeness (QED) is 0.258. The zero-order valence-electron chi connectivity index (χ0n) is 23.3. The predicted octanol–water partition coefficient (Wildman–Crippen LogP) is 5.12. The van der Waals surface area contributed by atoms with Crippen LogP contribution in [0, 0.1) is 6.92 Å². The maximum Gasteiger partial charge on any atom is 0.416 e. The van der Waals surface area contributed by atoms with E-state index in [1.54, 1.807) is 48.9 Å². The number of methoxy groups -OCH3 is 1. The molecule has 2 aromatic heterocycles. The van der Waals surface area contributed by atoms with Gasteiger partial charge in [-0.15, -0.1) is 0 Å². The molecule has 2 heterocycles. The molecule has 222 valence electrons. The highest BCUT2D eigenvalue weighted by molar-refractivity contribution is 6.13. The van der Waals surface area contributed by atoms with E-state index < -0.39 is 23.6 Å². The van der Waals surface area contributed by atoms with Crippen molar-refractivity contribution in [3.63, 3.8) is 0 Å². The molecule has 0 spiro atoms. The number of amides is 1. The Morgan fingerprint density at radius 3 is 2.37 bits per heavy atom. The number of hydrogen-bond donors (Lipinski definition) is 2. The molecule has 43 heavy (non-hydrogen) atoms. The third-order valence-electron chi connectivity index (χ3n) is 6.96. The van der Waals surface area contributed by atoms with Crippen molar-refractivity contribution in [2.45, 2.75) is 19.6 Å². The van der Waals surface area contributed by atoms with E-state index in [0.29, 0.717) is 22.8 Å². The van der Waals surface area contributed by atoms with Crippen molar-refractivity contribution in [3.8, 4) is 16.9 Å². The van der Waals surface area contributed by atoms with Crippen molar-refractivity contribution >= 4 is 28.5 Å². The first-order valence-electron chi connectivity index (χ1n) is 13.0. The molecular weight excluding hydrogens is 567 g/mol. The standard InChI is InChI=1S/C30H26F3N5O5/c1-17-35-36(2)29(42)38(17)23-9-7-18(8-10-23)25-15-20-13-21(30(31,32)33)16-24(26(20)37(25)11-12-43-3)27(39)34-22-6-4-5-19(14-22)28(40)41/h4-10,13-16H,11-12H2,1-3H3,(H,34,39)(H,40,41). The van der Waals surface area contributed by atoms with Crippen LogP contribution in [-0.4, -0.2) is 49.6 Å². The zero-order chi connectivity index (χ0) is 31.1. The van der Waals surface area contributed by atoms with E-state index in [4.69, 9.17) is 4.74 Å². The number of aromatic carboxylic acids is 1. The number of carbonyl (C=O) groups is 2. The van der Waals surface area contributed by atoms with E-state index in [0.717, 1.165) is 12.1 Å². The molecule has 3 aromatic carbocycles. The molecule has 2 N–H and O–H groups in total. The number of nitrogens with one attached hydrogen (secondary N) is 1. The Labute approximate surface area is 242 Å². The summed E-state index contributed by atoms with van der Waals surface area (Å²) in [7, 11) is 3.03. The number of carbonyl (C=O) groups excluding carboxylic acids is 1. The Kier molecular flexibility index (Phi) is 7.67. The number of benzene rings is 3. The topological polar surface area (TPSA) is 120 Å². The van der Waals surface area contributed by atoms with Crippen LogP contribution in [0.4, 0.5) is 18.9 Å². The van der Waals surface area contributed by atoms with Crippen molar-refractivity contribution in [3.05, 3.63) is 99.7 Å². The van der Waals surface area contributed by atoms with Gasteiger partial charge in [0.25, 0.3) is 5.91 Å². The van der Waals surface area contributed by atoms with Crippen LogP contribution in [-0.2, 0) is 24.5 Å². The molecule has 0 saturated heterocycles. The molecule has 1 amide bonds. The summed E-state index contributed by atoms with van der Waals surface area (Å²) in [6, 6.07) is 15.6. The van der Waals surface area contributed by atoms with Gasteiger partial charge >= 0.3 is 17.8 Å². The second-order valence-electron chi connectivity index (χ2n) is 9.81. The summed E-state index contributed by atoms with van der Waals surface area (Å²) >= 11 is 0. The molecular formula is C30H26F3N5O5. The van der Waals surface area contributed by atoms with E-state index >= 15 is 0 Å². The van der Waals surface area contributed by atoms with Crippen LogP contribution in [0.5, 0.6) is 0 Å². The monoisotopic (exact) mass is 593 g/mol. The summed E-state index contributed by atoms with van der Waals surface area (Å²) in [5.74, 6) is -1.58. The summed E-state index contributed by atoms with van der Waals surface area (Å²) in [4.78, 5) is 37.4. The lowest BCUT2D eigenvalue weighted by Crippen LogP contribution is -2.21. The number of halogens is 3. The van der Waals surface area contributed by atoms with Crippen molar-refractivity contribution < 1.29 is 32.6 Å². The molecule has 0 unspecified atom stereocenters. The molecule has 0 atom stereocenters. The Hall–Kier alpha value is -5.17. The largest absolute Gasteiger partial charge is 0.478 e. The fourth-order valence-electron chi connectivity index (χ4n) is 5.00. The van der Waals surface area contributed by atoms with Crippen molar-refractivity contribution in [1.82, 2.24) is 18.9 Å². The minimum atomic E-state index is -4.74. The lowest BCUT2D eigenvalue weighted by atomic mass is 10.0. The van der Waals surface area contributed by atoms with Gasteiger partial charge in [-0.2, -0.15) is 18.3 Å². The molecule has 0 fully saturated rings. The average molecular weight is 594 g/mol. The maximum absolute atomic E-state index is 14.0. The zero-order valence-corrected chi connectivity index (χ0v) is 23.3. The maximum atomic E-state index is 14.0. The SMILES string of the molecule is COCCn1c(-c2ccc(-n3c(C)nn(C)c3=O)cc2)cc2cc(C(F)(F)F)cc(C(=O)Nc3cccc(C(=O)O)c3)c21. The summed E-state index contributed by atoms with van der Waals surface area (Å²) in [5.41, 5.74) is 0.381. The van der Waals surface area contributed by atoms with Gasteiger partial charge in [0.1, 0.15) is 5.82 Å². The molecule has 10 nitrogen and oxygen atoms in total. The van der Waals surface area contributed by atoms with Crippen molar-refractivity contribution in [1.29, 1.82) is 0 Å². The lowest BCUT2D eigenvalue weighted by Gasteiger charge is -2.16. The van der Waals surface area contributed by atoms with Gasteiger partial charge in [-0.05, 0) is 61.0 Å². The van der Waals surface area contributed by atoms with E-state index in [9.17, 15) is 32.7 Å². The van der Waals surface area contributed by atoms with E-state index in [1.165, 1.54) is 40.6 Å². The first kappa shape index (κ1) is 29.3. The normalized spacial score (nSPS) is 11.7. The van der Waals surface area contributed by atoms with Crippen LogP contribution in [0.25, 0.3) is 27.8 Å². The van der Waals surface area contributed by atoms with Crippen LogP contribution in [0.1, 0.15) is 32.1 Å². The highest BCUT2D eigenvalue weighted by Crippen LogP contribution is 2.37. The minimum absolute atomic E-state index is 0.0927. The van der Waals surface area contributed by atoms with Gasteiger partial charge in [0.2, 0.25) is 0 Å². The first-order chi connectivity index (χ1) is 20.4. The van der Waals surface area contributed by atoms with Gasteiger partial charge in [-0.1, -0.05) is 18.2 Å². The number of fused-ring (bicyclic) bond motifs is 1. The lowest BCUT2D eigenvalue weighted by molar-refractivity contribution is -0.137. The Morgan fingerprint density at radius 2 is 1.77 bits per heavy atom. The second-order valence-corrected chi connectivity index (χ2v) is 9.81. The third kappa shape index (κ3) is 5.66. The molecule has 13 heteroatoms. The molecule has 0 aliphatic heterocycles. The number of aromatic nitrogens is 4. The number of ether oxygens (including phenoxy) is 1. The molecule has 5 rings (SSSR count). The van der Waals surface area contributed by atoms with Gasteiger partial charge in [0, 0.05) is 37.5 Å². The third-order valence-corrected chi connectivity index (χ3v) is 6.96. The van der Waals surface area contributed by atoms with Crippen LogP contribution in [0.2, 0.25) is 0 Å². The van der Waals surface area contributed by atoms with Crippen LogP contribution < -0.4 is 11.0 Å². The molecule has 0 radical (unpaired) electrons. The molecule has 5 aromatic rings. The Morgan fingerprint density at radius 1 is 1.05 bits per heavy atom. The molecule has 0 bridgehead atoms. The van der Waals surface area contributed by atoms with E-state index in [2.05, 4.69) is 10.4 Å². The van der Waals surface area contributed by atoms with Gasteiger partial charge < -0.3 is 19.7 Å². The number of rotatable bonds is 8. The molecule has 0 saturated carbocycles. The van der Waals surface area contributed by atoms with Gasteiger partial charge in [0.05, 0.1) is 34.5 Å².